The molecule has 2 atom stereocenters. The number of nitro groups is 1. The number of nitro benzene ring substituents is 1. The molecule has 1 aliphatic rings. The Hall–Kier alpha value is -1.95. The van der Waals surface area contributed by atoms with Crippen molar-refractivity contribution >= 4 is 11.6 Å². The van der Waals surface area contributed by atoms with E-state index in [4.69, 9.17) is 0 Å². The molecule has 6 heteroatoms. The topological polar surface area (TPSA) is 92.5 Å². The van der Waals surface area contributed by atoms with Crippen molar-refractivity contribution < 1.29 is 14.8 Å². The quantitative estimate of drug-likeness (QED) is 0.639. The number of hydrogen-bond donors (Lipinski definition) is 2. The SMILES string of the molecule is O=C(Cc1ccc([N+](=O)[O-])cc1)NCC1CCCCC1O. The summed E-state index contributed by atoms with van der Waals surface area (Å²) in [5.74, 6) is 0.0150. The van der Waals surface area contributed by atoms with Gasteiger partial charge in [0.05, 0.1) is 17.4 Å². The molecule has 6 nitrogen and oxygen atoms in total. The molecule has 1 aliphatic carbocycles. The number of non-ortho nitro benzene ring substituents is 1. The molecular weight excluding hydrogens is 272 g/mol. The lowest BCUT2D eigenvalue weighted by atomic mass is 9.86. The minimum atomic E-state index is -0.464. The van der Waals surface area contributed by atoms with Gasteiger partial charge in [0.1, 0.15) is 0 Å². The van der Waals surface area contributed by atoms with E-state index in [0.29, 0.717) is 6.54 Å². The molecule has 0 heterocycles. The minimum absolute atomic E-state index is 0.0180. The molecule has 21 heavy (non-hydrogen) atoms. The third-order valence-corrected chi connectivity index (χ3v) is 3.94. The zero-order chi connectivity index (χ0) is 15.2. The van der Waals surface area contributed by atoms with E-state index < -0.39 is 4.92 Å². The summed E-state index contributed by atoms with van der Waals surface area (Å²) in [5.41, 5.74) is 0.756. The summed E-state index contributed by atoms with van der Waals surface area (Å²) in [6.45, 7) is 0.493. The van der Waals surface area contributed by atoms with Gasteiger partial charge in [-0.2, -0.15) is 0 Å². The maximum atomic E-state index is 11.9. The van der Waals surface area contributed by atoms with Gasteiger partial charge >= 0.3 is 0 Å². The van der Waals surface area contributed by atoms with Crippen LogP contribution in [0, 0.1) is 16.0 Å². The highest BCUT2D eigenvalue weighted by atomic mass is 16.6. The minimum Gasteiger partial charge on any atom is -0.393 e. The number of carbonyl (C=O) groups is 1. The molecule has 0 aromatic heterocycles. The van der Waals surface area contributed by atoms with Crippen molar-refractivity contribution in [1.29, 1.82) is 0 Å². The lowest BCUT2D eigenvalue weighted by Crippen LogP contribution is -2.37. The normalized spacial score (nSPS) is 21.8. The van der Waals surface area contributed by atoms with E-state index >= 15 is 0 Å². The van der Waals surface area contributed by atoms with Crippen molar-refractivity contribution in [2.24, 2.45) is 5.92 Å². The number of nitrogens with zero attached hydrogens (tertiary/aromatic N) is 1. The second kappa shape index (κ2) is 7.17. The van der Waals surface area contributed by atoms with E-state index in [0.717, 1.165) is 31.2 Å². The van der Waals surface area contributed by atoms with E-state index in [9.17, 15) is 20.0 Å². The van der Waals surface area contributed by atoms with Crippen LogP contribution in [0.3, 0.4) is 0 Å². The largest absolute Gasteiger partial charge is 0.393 e. The number of aliphatic hydroxyl groups excluding tert-OH is 1. The zero-order valence-corrected chi connectivity index (χ0v) is 11.8. The molecule has 0 aliphatic heterocycles. The van der Waals surface area contributed by atoms with Crippen molar-refractivity contribution in [1.82, 2.24) is 5.32 Å². The number of benzene rings is 1. The Morgan fingerprint density at radius 1 is 1.29 bits per heavy atom. The first-order chi connectivity index (χ1) is 10.1. The van der Waals surface area contributed by atoms with E-state index in [2.05, 4.69) is 5.32 Å². The summed E-state index contributed by atoms with van der Waals surface area (Å²) in [6.07, 6.45) is 3.77. The van der Waals surface area contributed by atoms with Gasteiger partial charge in [-0.25, -0.2) is 0 Å². The van der Waals surface area contributed by atoms with Crippen LogP contribution in [0.5, 0.6) is 0 Å². The van der Waals surface area contributed by atoms with Gasteiger partial charge < -0.3 is 10.4 Å². The van der Waals surface area contributed by atoms with Gasteiger partial charge in [0.2, 0.25) is 5.91 Å². The number of hydrogen-bond acceptors (Lipinski definition) is 4. The molecule has 0 saturated heterocycles. The Balaban J connectivity index is 1.80. The smallest absolute Gasteiger partial charge is 0.269 e. The van der Waals surface area contributed by atoms with Crippen molar-refractivity contribution in [3.05, 3.63) is 39.9 Å². The summed E-state index contributed by atoms with van der Waals surface area (Å²) in [4.78, 5) is 21.9. The molecule has 0 radical (unpaired) electrons. The van der Waals surface area contributed by atoms with Crippen LogP contribution >= 0.6 is 0 Å². The van der Waals surface area contributed by atoms with Gasteiger partial charge in [-0.1, -0.05) is 25.0 Å². The van der Waals surface area contributed by atoms with E-state index in [1.54, 1.807) is 12.1 Å². The molecule has 1 saturated carbocycles. The summed E-state index contributed by atoms with van der Waals surface area (Å²) < 4.78 is 0. The number of amides is 1. The highest BCUT2D eigenvalue weighted by Gasteiger charge is 2.23. The van der Waals surface area contributed by atoms with Crippen LogP contribution in [0.4, 0.5) is 5.69 Å². The lowest BCUT2D eigenvalue weighted by Gasteiger charge is -2.27. The Morgan fingerprint density at radius 2 is 1.95 bits per heavy atom. The molecule has 2 rings (SSSR count). The fourth-order valence-corrected chi connectivity index (χ4v) is 2.65. The number of carbonyl (C=O) groups excluding carboxylic acids is 1. The van der Waals surface area contributed by atoms with Crippen LogP contribution in [-0.4, -0.2) is 28.6 Å². The maximum Gasteiger partial charge on any atom is 0.269 e. The maximum absolute atomic E-state index is 11.9. The third kappa shape index (κ3) is 4.53. The number of aliphatic hydroxyl groups is 1. The van der Waals surface area contributed by atoms with E-state index in [1.807, 2.05) is 0 Å². The van der Waals surface area contributed by atoms with Gasteiger partial charge in [-0.15, -0.1) is 0 Å². The van der Waals surface area contributed by atoms with Crippen LogP contribution in [0.1, 0.15) is 31.2 Å². The first-order valence-corrected chi connectivity index (χ1v) is 7.24. The van der Waals surface area contributed by atoms with Crippen LogP contribution in [0.25, 0.3) is 0 Å². The van der Waals surface area contributed by atoms with Crippen LogP contribution in [0.2, 0.25) is 0 Å². The van der Waals surface area contributed by atoms with Gasteiger partial charge in [0, 0.05) is 24.6 Å². The van der Waals surface area contributed by atoms with E-state index in [1.165, 1.54) is 12.1 Å². The van der Waals surface area contributed by atoms with Gasteiger partial charge in [-0.05, 0) is 18.4 Å². The number of rotatable bonds is 5. The summed E-state index contributed by atoms with van der Waals surface area (Å²) >= 11 is 0. The first-order valence-electron chi connectivity index (χ1n) is 7.24. The van der Waals surface area contributed by atoms with Crippen molar-refractivity contribution in [2.75, 3.05) is 6.54 Å². The zero-order valence-electron chi connectivity index (χ0n) is 11.8. The monoisotopic (exact) mass is 292 g/mol. The lowest BCUT2D eigenvalue weighted by molar-refractivity contribution is -0.384. The molecular formula is C15H20N2O4. The summed E-state index contributed by atoms with van der Waals surface area (Å²) in [7, 11) is 0. The van der Waals surface area contributed by atoms with Crippen molar-refractivity contribution in [3.63, 3.8) is 0 Å². The molecule has 2 unspecified atom stereocenters. The Bertz CT molecular complexity index is 501. The highest BCUT2D eigenvalue weighted by molar-refractivity contribution is 5.78. The molecule has 114 valence electrons. The molecule has 0 bridgehead atoms. The summed E-state index contributed by atoms with van der Waals surface area (Å²) in [6, 6.07) is 5.97. The molecule has 0 spiro atoms. The molecule has 1 fully saturated rings. The van der Waals surface area contributed by atoms with Crippen molar-refractivity contribution in [3.8, 4) is 0 Å². The molecule has 1 amide bonds. The van der Waals surface area contributed by atoms with E-state index in [-0.39, 0.29) is 30.0 Å². The van der Waals surface area contributed by atoms with Gasteiger partial charge in [0.15, 0.2) is 0 Å². The highest BCUT2D eigenvalue weighted by Crippen LogP contribution is 2.23. The molecule has 2 N–H and O–H groups in total. The first kappa shape index (κ1) is 15.4. The predicted octanol–water partition coefficient (Wildman–Crippen LogP) is 1.80. The third-order valence-electron chi connectivity index (χ3n) is 3.94. The van der Waals surface area contributed by atoms with Gasteiger partial charge in [0.25, 0.3) is 5.69 Å². The molecule has 1 aromatic carbocycles. The van der Waals surface area contributed by atoms with Crippen molar-refractivity contribution in [2.45, 2.75) is 38.2 Å². The molecule has 1 aromatic rings. The Kier molecular flexibility index (Phi) is 5.27. The van der Waals surface area contributed by atoms with Crippen LogP contribution in [0.15, 0.2) is 24.3 Å². The second-order valence-electron chi connectivity index (χ2n) is 5.52. The fraction of sp³-hybridized carbons (Fsp3) is 0.533. The second-order valence-corrected chi connectivity index (χ2v) is 5.52. The van der Waals surface area contributed by atoms with Crippen LogP contribution < -0.4 is 5.32 Å². The number of nitrogens with one attached hydrogen (secondary N) is 1. The average Bonchev–Trinajstić information content (AvgIpc) is 2.47. The van der Waals surface area contributed by atoms with Gasteiger partial charge in [-0.3, -0.25) is 14.9 Å². The Morgan fingerprint density at radius 3 is 2.57 bits per heavy atom. The average molecular weight is 292 g/mol. The summed E-state index contributed by atoms with van der Waals surface area (Å²) in [5, 5.41) is 23.2. The standard InChI is InChI=1S/C15H20N2O4/c18-14-4-2-1-3-12(14)10-16-15(19)9-11-5-7-13(8-6-11)17(20)21/h5-8,12,14,18H,1-4,9-10H2,(H,16,19). The van der Waals surface area contributed by atoms with Crippen LogP contribution in [-0.2, 0) is 11.2 Å². The predicted molar refractivity (Wildman–Crippen MR) is 77.8 cm³/mol. The fourth-order valence-electron chi connectivity index (χ4n) is 2.65. The Labute approximate surface area is 123 Å².